The van der Waals surface area contributed by atoms with Crippen LogP contribution < -0.4 is 37.9 Å². The molecule has 0 bridgehead atoms. The predicted octanol–water partition coefficient (Wildman–Crippen LogP) is 13.3. The van der Waals surface area contributed by atoms with E-state index < -0.39 is 23.0 Å². The zero-order valence-electron chi connectivity index (χ0n) is 47.9. The molecule has 6 aromatic rings. The number of nitrogens with zero attached hydrogens (tertiary/aromatic N) is 2. The number of phenols is 2. The number of esters is 2. The maximum atomic E-state index is 12.6. The molecule has 6 aliphatic rings. The summed E-state index contributed by atoms with van der Waals surface area (Å²) in [5.41, 5.74) is 8.23. The van der Waals surface area contributed by atoms with E-state index in [1.807, 2.05) is 114 Å². The van der Waals surface area contributed by atoms with Crippen LogP contribution in [0.3, 0.4) is 0 Å². The Balaban J connectivity index is 0.000000172. The van der Waals surface area contributed by atoms with Gasteiger partial charge in [0.2, 0.25) is 0 Å². The number of fused-ring (bicyclic) bond motifs is 8. The largest absolute Gasteiger partial charge is 0.508 e. The lowest BCUT2D eigenvalue weighted by Crippen LogP contribution is -2.33. The topological polar surface area (TPSA) is 155 Å². The molecule has 6 heterocycles. The molecule has 6 aromatic carbocycles. The van der Waals surface area contributed by atoms with Crippen LogP contribution in [0, 0.1) is 10.8 Å². The second-order valence-corrected chi connectivity index (χ2v) is 24.0. The standard InChI is InChI=1S/2C34H37NO6/c1-34(2,3)33(37)40-25-12-14-26-28-21-39-29-19-23(36)9-13-27(29)31(28)32(41-30(26)20-25)22-7-10-24(11-8-22)38-18-17-35-15-5-4-6-16-35;1-34(2,3)33(37)40-25-12-14-27-29(20-25)39-21-28-26-13-9-23(36)19-30(26)41-32(31(27)28)22-7-10-24(11-8-22)38-18-17-35-15-5-4-6-16-35/h2*7-14,19-20,32,36H,4-6,15-18,21H2,1-3H3/t2*32-/m11/s1. The second-order valence-electron chi connectivity index (χ2n) is 24.0. The number of piperidine rings is 2. The highest BCUT2D eigenvalue weighted by molar-refractivity contribution is 6.01. The van der Waals surface area contributed by atoms with E-state index in [4.69, 9.17) is 37.9 Å². The molecule has 0 amide bonds. The van der Waals surface area contributed by atoms with Crippen molar-refractivity contribution in [3.8, 4) is 57.5 Å². The molecule has 0 aromatic heterocycles. The van der Waals surface area contributed by atoms with Gasteiger partial charge in [0.15, 0.2) is 12.2 Å². The van der Waals surface area contributed by atoms with Crippen molar-refractivity contribution in [3.05, 3.63) is 155 Å². The number of hydrogen-bond donors (Lipinski definition) is 2. The molecule has 6 aliphatic heterocycles. The average Bonchev–Trinajstić information content (AvgIpc) is 2.89. The van der Waals surface area contributed by atoms with Crippen molar-refractivity contribution < 1.29 is 57.7 Å². The van der Waals surface area contributed by atoms with E-state index in [-0.39, 0.29) is 23.4 Å². The summed E-state index contributed by atoms with van der Waals surface area (Å²) in [6, 6.07) is 37.4. The van der Waals surface area contributed by atoms with E-state index in [1.54, 1.807) is 48.5 Å². The third-order valence-corrected chi connectivity index (χ3v) is 15.7. The summed E-state index contributed by atoms with van der Waals surface area (Å²) in [7, 11) is 0. The van der Waals surface area contributed by atoms with Crippen molar-refractivity contribution in [2.24, 2.45) is 10.8 Å². The number of hydrogen-bond acceptors (Lipinski definition) is 14. The number of phenolic OH excluding ortho intramolecular Hbond substituents is 2. The lowest BCUT2D eigenvalue weighted by molar-refractivity contribution is -0.143. The molecule has 0 aliphatic carbocycles. The first-order valence-electron chi connectivity index (χ1n) is 28.9. The molecule has 2 N–H and O–H groups in total. The minimum atomic E-state index is -0.626. The van der Waals surface area contributed by atoms with Crippen LogP contribution in [0.4, 0.5) is 0 Å². The number of carbonyl (C=O) groups is 2. The SMILES string of the molecule is CC(C)(C)C(=O)Oc1ccc2c(c1)OCC1=C2[C@@H](c2ccc(OCCN3CCCCC3)cc2)Oc2cc(O)ccc21.CC(C)(C)C(=O)Oc1ccc2c(c1)O[C@H](c1ccc(OCCN3CCCCC3)cc1)C1=C2COc2cc(O)ccc21. The molecular formula is C68H74N2O12. The van der Waals surface area contributed by atoms with E-state index in [9.17, 15) is 19.8 Å². The molecule has 428 valence electrons. The van der Waals surface area contributed by atoms with Gasteiger partial charge in [-0.3, -0.25) is 19.4 Å². The normalized spacial score (nSPS) is 18.4. The summed E-state index contributed by atoms with van der Waals surface area (Å²) in [5.74, 6) is 4.70. The third kappa shape index (κ3) is 12.6. The van der Waals surface area contributed by atoms with Crippen LogP contribution in [0.25, 0.3) is 22.3 Å². The van der Waals surface area contributed by atoms with Crippen LogP contribution in [-0.2, 0) is 9.59 Å². The Bertz CT molecular complexity index is 3380. The maximum Gasteiger partial charge on any atom is 0.316 e. The molecule has 2 fully saturated rings. The molecular weight excluding hydrogens is 1040 g/mol. The predicted molar refractivity (Wildman–Crippen MR) is 315 cm³/mol. The zero-order chi connectivity index (χ0) is 57.1. The van der Waals surface area contributed by atoms with Crippen molar-refractivity contribution in [2.75, 3.05) is 65.7 Å². The van der Waals surface area contributed by atoms with E-state index in [1.165, 1.54) is 38.5 Å². The van der Waals surface area contributed by atoms with Crippen LogP contribution in [0.2, 0.25) is 0 Å². The highest BCUT2D eigenvalue weighted by atomic mass is 16.5. The van der Waals surface area contributed by atoms with Gasteiger partial charge in [0, 0.05) is 81.9 Å². The van der Waals surface area contributed by atoms with Gasteiger partial charge in [-0.25, -0.2) is 0 Å². The van der Waals surface area contributed by atoms with Gasteiger partial charge in [-0.15, -0.1) is 0 Å². The van der Waals surface area contributed by atoms with Crippen LogP contribution in [-0.4, -0.2) is 97.6 Å². The Hall–Kier alpha value is -7.94. The molecule has 0 radical (unpaired) electrons. The van der Waals surface area contributed by atoms with Gasteiger partial charge in [-0.05, 0) is 177 Å². The Labute approximate surface area is 480 Å². The number of carbonyl (C=O) groups excluding carboxylic acids is 2. The smallest absolute Gasteiger partial charge is 0.316 e. The van der Waals surface area contributed by atoms with Crippen molar-refractivity contribution in [1.82, 2.24) is 9.80 Å². The molecule has 82 heavy (non-hydrogen) atoms. The van der Waals surface area contributed by atoms with Crippen LogP contribution in [0.15, 0.2) is 121 Å². The second kappa shape index (κ2) is 23.9. The minimum Gasteiger partial charge on any atom is -0.508 e. The van der Waals surface area contributed by atoms with Crippen molar-refractivity contribution in [3.63, 3.8) is 0 Å². The molecule has 0 spiro atoms. The van der Waals surface area contributed by atoms with Gasteiger partial charge >= 0.3 is 11.9 Å². The molecule has 2 saturated heterocycles. The summed E-state index contributed by atoms with van der Waals surface area (Å²) in [6.45, 7) is 19.4. The average molecular weight is 1110 g/mol. The summed E-state index contributed by atoms with van der Waals surface area (Å²) in [6.07, 6.45) is 6.88. The van der Waals surface area contributed by atoms with Gasteiger partial charge in [-0.2, -0.15) is 0 Å². The molecule has 2 atom stereocenters. The Morgan fingerprint density at radius 1 is 0.463 bits per heavy atom. The Morgan fingerprint density at radius 2 is 0.829 bits per heavy atom. The van der Waals surface area contributed by atoms with E-state index in [2.05, 4.69) is 9.80 Å². The van der Waals surface area contributed by atoms with Crippen LogP contribution in [0.5, 0.6) is 57.5 Å². The number of benzene rings is 6. The summed E-state index contributed by atoms with van der Waals surface area (Å²) in [4.78, 5) is 30.0. The van der Waals surface area contributed by atoms with E-state index >= 15 is 0 Å². The van der Waals surface area contributed by atoms with Gasteiger partial charge in [0.05, 0.1) is 10.8 Å². The summed E-state index contributed by atoms with van der Waals surface area (Å²) in [5, 5.41) is 20.3. The molecule has 12 rings (SSSR count). The Kier molecular flexibility index (Phi) is 16.3. The number of rotatable bonds is 12. The Morgan fingerprint density at radius 3 is 1.28 bits per heavy atom. The van der Waals surface area contributed by atoms with Crippen molar-refractivity contribution >= 4 is 34.2 Å². The number of ether oxygens (including phenoxy) is 8. The zero-order valence-corrected chi connectivity index (χ0v) is 47.9. The lowest BCUT2D eigenvalue weighted by atomic mass is 9.84. The van der Waals surface area contributed by atoms with Gasteiger partial charge in [-0.1, -0.05) is 37.1 Å². The molecule has 14 heteroatoms. The molecule has 14 nitrogen and oxygen atoms in total. The third-order valence-electron chi connectivity index (χ3n) is 15.7. The van der Waals surface area contributed by atoms with E-state index in [0.717, 1.165) is 106 Å². The highest BCUT2D eigenvalue weighted by Crippen LogP contribution is 2.54. The summed E-state index contributed by atoms with van der Waals surface area (Å²) < 4.78 is 49.0. The first-order valence-corrected chi connectivity index (χ1v) is 28.9. The molecule has 0 saturated carbocycles. The monoisotopic (exact) mass is 1110 g/mol. The fourth-order valence-corrected chi connectivity index (χ4v) is 11.1. The lowest BCUT2D eigenvalue weighted by Gasteiger charge is -2.35. The fraction of sp³-hybridized carbons (Fsp3) is 0.382. The summed E-state index contributed by atoms with van der Waals surface area (Å²) >= 11 is 0. The maximum absolute atomic E-state index is 12.6. The molecule has 0 unspecified atom stereocenters. The van der Waals surface area contributed by atoms with Crippen LogP contribution in [0.1, 0.15) is 126 Å². The van der Waals surface area contributed by atoms with Gasteiger partial charge < -0.3 is 48.1 Å². The van der Waals surface area contributed by atoms with Crippen molar-refractivity contribution in [2.45, 2.75) is 92.3 Å². The number of likely N-dealkylation sites (tertiary alicyclic amines) is 2. The van der Waals surface area contributed by atoms with E-state index in [0.29, 0.717) is 60.9 Å². The number of aromatic hydroxyl groups is 2. The fourth-order valence-electron chi connectivity index (χ4n) is 11.1. The minimum absolute atomic E-state index is 0.145. The first kappa shape index (κ1) is 55.9. The van der Waals surface area contributed by atoms with Gasteiger partial charge in [0.25, 0.3) is 0 Å². The highest BCUT2D eigenvalue weighted by Gasteiger charge is 2.38. The van der Waals surface area contributed by atoms with Crippen LogP contribution >= 0.6 is 0 Å². The first-order chi connectivity index (χ1) is 39.5. The quantitative estimate of drug-likeness (QED) is 0.0882. The van der Waals surface area contributed by atoms with Crippen molar-refractivity contribution in [1.29, 1.82) is 0 Å². The van der Waals surface area contributed by atoms with Gasteiger partial charge in [0.1, 0.15) is 83.9 Å².